The molecule has 3 aliphatic heterocycles. The van der Waals surface area contributed by atoms with Crippen LogP contribution in [0.4, 0.5) is 5.82 Å². The minimum atomic E-state index is -0.404. The number of fused-ring (bicyclic) bond motifs is 5. The normalized spacial score (nSPS) is 24.6. The fraction of sp³-hybridized carbons (Fsp3) is 0.414. The molecule has 186 valence electrons. The second-order valence-corrected chi connectivity index (χ2v) is 10.5. The van der Waals surface area contributed by atoms with Gasteiger partial charge in [0.2, 0.25) is 0 Å². The van der Waals surface area contributed by atoms with Crippen LogP contribution in [0.2, 0.25) is 0 Å². The van der Waals surface area contributed by atoms with Crippen molar-refractivity contribution in [1.82, 2.24) is 5.16 Å². The number of nitrogens with one attached hydrogen (secondary N) is 1. The van der Waals surface area contributed by atoms with Crippen molar-refractivity contribution in [2.24, 2.45) is 5.92 Å². The van der Waals surface area contributed by atoms with Gasteiger partial charge < -0.3 is 19.1 Å². The maximum atomic E-state index is 13.7. The molecule has 1 aromatic heterocycles. The summed E-state index contributed by atoms with van der Waals surface area (Å²) in [6.07, 6.45) is 3.32. The summed E-state index contributed by atoms with van der Waals surface area (Å²) in [7, 11) is 0. The molecule has 7 nitrogen and oxygen atoms in total. The van der Waals surface area contributed by atoms with Crippen LogP contribution in [0.1, 0.15) is 53.7 Å². The Bertz CT molecular complexity index is 1250. The number of benzene rings is 2. The number of esters is 1. The van der Waals surface area contributed by atoms with Crippen molar-refractivity contribution in [1.29, 1.82) is 0 Å². The van der Waals surface area contributed by atoms with E-state index in [2.05, 4.69) is 34.7 Å². The monoisotopic (exact) mass is 486 g/mol. The lowest BCUT2D eigenvalue weighted by Crippen LogP contribution is -2.66. The fourth-order valence-corrected chi connectivity index (χ4v) is 6.40. The lowest BCUT2D eigenvalue weighted by atomic mass is 9.78. The number of amides is 1. The molecule has 3 aromatic rings. The minimum Gasteiger partial charge on any atom is -0.455 e. The van der Waals surface area contributed by atoms with Crippen molar-refractivity contribution >= 4 is 17.7 Å². The van der Waals surface area contributed by atoms with Crippen molar-refractivity contribution in [2.75, 3.05) is 31.5 Å². The van der Waals surface area contributed by atoms with E-state index in [-0.39, 0.29) is 18.0 Å². The van der Waals surface area contributed by atoms with Gasteiger partial charge in [-0.2, -0.15) is 0 Å². The summed E-state index contributed by atoms with van der Waals surface area (Å²) in [4.78, 5) is 26.6. The number of hydrogen-bond donors (Lipinski definition) is 1. The molecule has 7 rings (SSSR count). The molecular formula is C29H32N3O4+. The number of piperidine rings is 3. The Hall–Kier alpha value is -3.45. The van der Waals surface area contributed by atoms with Crippen molar-refractivity contribution in [2.45, 2.75) is 44.6 Å². The molecular weight excluding hydrogens is 454 g/mol. The van der Waals surface area contributed by atoms with Gasteiger partial charge in [0.25, 0.3) is 5.91 Å². The quantitative estimate of drug-likeness (QED) is 0.420. The minimum absolute atomic E-state index is 0.0773. The molecule has 2 bridgehead atoms. The second kappa shape index (κ2) is 9.21. The Balaban J connectivity index is 1.18. The number of nitrogens with zero attached hydrogens (tertiary/aromatic N) is 2. The van der Waals surface area contributed by atoms with Gasteiger partial charge in [-0.05, 0) is 28.7 Å². The molecule has 7 heteroatoms. The molecule has 0 saturated carbocycles. The Morgan fingerprint density at radius 2 is 1.72 bits per heavy atom. The van der Waals surface area contributed by atoms with Gasteiger partial charge in [-0.15, -0.1) is 0 Å². The van der Waals surface area contributed by atoms with Gasteiger partial charge in [-0.25, -0.2) is 0 Å². The SMILES string of the molecule is CCc1cc(NC(=O)C[N+]23CCC(CC2)C(OC(=O)C2c4ccccc4Cc4ccccc42)C3)no1. The molecule has 3 fully saturated rings. The molecule has 36 heavy (non-hydrogen) atoms. The average Bonchev–Trinajstić information content (AvgIpc) is 3.34. The fourth-order valence-electron chi connectivity index (χ4n) is 6.40. The lowest BCUT2D eigenvalue weighted by molar-refractivity contribution is -0.938. The zero-order chi connectivity index (χ0) is 24.7. The number of carbonyl (C=O) groups is 2. The van der Waals surface area contributed by atoms with Crippen LogP contribution >= 0.6 is 0 Å². The van der Waals surface area contributed by atoms with E-state index in [1.54, 1.807) is 6.07 Å². The van der Waals surface area contributed by atoms with Crippen LogP contribution in [0.25, 0.3) is 0 Å². The molecule has 0 radical (unpaired) electrons. The summed E-state index contributed by atoms with van der Waals surface area (Å²) in [5.41, 5.74) is 4.47. The van der Waals surface area contributed by atoms with Crippen molar-refractivity contribution < 1.29 is 23.3 Å². The topological polar surface area (TPSA) is 81.4 Å². The Labute approximate surface area is 211 Å². The van der Waals surface area contributed by atoms with Gasteiger partial charge in [0.1, 0.15) is 18.2 Å². The molecule has 1 aliphatic carbocycles. The third-order valence-electron chi connectivity index (χ3n) is 8.31. The van der Waals surface area contributed by atoms with Crippen LogP contribution in [0.5, 0.6) is 0 Å². The zero-order valence-corrected chi connectivity index (χ0v) is 20.6. The molecule has 1 N–H and O–H groups in total. The largest absolute Gasteiger partial charge is 0.455 e. The lowest BCUT2D eigenvalue weighted by Gasteiger charge is -2.51. The van der Waals surface area contributed by atoms with Gasteiger partial charge in [-0.1, -0.05) is 60.6 Å². The zero-order valence-electron chi connectivity index (χ0n) is 20.6. The summed E-state index contributed by atoms with van der Waals surface area (Å²) in [6, 6.07) is 18.2. The first-order valence-electron chi connectivity index (χ1n) is 13.0. The van der Waals surface area contributed by atoms with E-state index in [1.165, 1.54) is 11.1 Å². The first-order valence-corrected chi connectivity index (χ1v) is 13.0. The number of hydrogen-bond acceptors (Lipinski definition) is 5. The van der Waals surface area contributed by atoms with Crippen LogP contribution < -0.4 is 5.32 Å². The third-order valence-corrected chi connectivity index (χ3v) is 8.31. The molecule has 1 amide bonds. The highest BCUT2D eigenvalue weighted by Gasteiger charge is 2.49. The maximum absolute atomic E-state index is 13.7. The summed E-state index contributed by atoms with van der Waals surface area (Å²) < 4.78 is 12.2. The van der Waals surface area contributed by atoms with E-state index >= 15 is 0 Å². The summed E-state index contributed by atoms with van der Waals surface area (Å²) in [5, 5.41) is 6.82. The first-order chi connectivity index (χ1) is 17.5. The van der Waals surface area contributed by atoms with E-state index in [0.29, 0.717) is 29.3 Å². The number of rotatable bonds is 6. The van der Waals surface area contributed by atoms with Crippen molar-refractivity contribution in [3.63, 3.8) is 0 Å². The van der Waals surface area contributed by atoms with Gasteiger partial charge in [0, 0.05) is 31.2 Å². The van der Waals surface area contributed by atoms with E-state index < -0.39 is 5.92 Å². The van der Waals surface area contributed by atoms with E-state index in [4.69, 9.17) is 9.26 Å². The molecule has 0 spiro atoms. The van der Waals surface area contributed by atoms with Crippen LogP contribution in [-0.2, 0) is 27.2 Å². The summed E-state index contributed by atoms with van der Waals surface area (Å²) in [5.74, 6) is 0.901. The highest BCUT2D eigenvalue weighted by Crippen LogP contribution is 2.40. The predicted octanol–water partition coefficient (Wildman–Crippen LogP) is 4.06. The number of anilines is 1. The van der Waals surface area contributed by atoms with E-state index in [0.717, 1.165) is 55.7 Å². The van der Waals surface area contributed by atoms with Crippen molar-refractivity contribution in [3.8, 4) is 0 Å². The number of ether oxygens (including phenoxy) is 1. The van der Waals surface area contributed by atoms with Gasteiger partial charge in [-0.3, -0.25) is 9.59 Å². The standard InChI is InChI=1S/C29H31N3O4/c1-2-22-16-26(31-36-22)30-27(33)18-32-13-11-19(12-14-32)25(17-32)35-29(34)28-23-9-5-3-7-20(23)15-21-8-4-6-10-24(21)28/h3-10,16,19,25,28H,2,11-15,17-18H2,1H3/p+1. The number of aryl methyl sites for hydroxylation is 1. The van der Waals surface area contributed by atoms with Gasteiger partial charge in [0.05, 0.1) is 13.1 Å². The number of carbonyl (C=O) groups excluding carboxylic acids is 2. The molecule has 3 saturated heterocycles. The second-order valence-electron chi connectivity index (χ2n) is 10.5. The molecule has 1 atom stereocenters. The van der Waals surface area contributed by atoms with E-state index in [9.17, 15) is 9.59 Å². The predicted molar refractivity (Wildman–Crippen MR) is 134 cm³/mol. The number of aromatic nitrogens is 1. The van der Waals surface area contributed by atoms with Crippen molar-refractivity contribution in [3.05, 3.63) is 82.6 Å². The molecule has 1 unspecified atom stereocenters. The van der Waals surface area contributed by atoms with Gasteiger partial charge in [0.15, 0.2) is 18.5 Å². The van der Waals surface area contributed by atoms with E-state index in [1.807, 2.05) is 31.2 Å². The molecule has 4 aliphatic rings. The maximum Gasteiger partial charge on any atom is 0.318 e. The van der Waals surface area contributed by atoms with Gasteiger partial charge >= 0.3 is 5.97 Å². The molecule has 4 heterocycles. The highest BCUT2D eigenvalue weighted by molar-refractivity contribution is 5.90. The first kappa shape index (κ1) is 23.0. The van der Waals surface area contributed by atoms with Crippen LogP contribution in [-0.4, -0.2) is 53.8 Å². The van der Waals surface area contributed by atoms with Crippen LogP contribution in [0.3, 0.4) is 0 Å². The average molecular weight is 487 g/mol. The summed E-state index contributed by atoms with van der Waals surface area (Å²) >= 11 is 0. The van der Waals surface area contributed by atoms with Crippen LogP contribution in [0, 0.1) is 5.92 Å². The Morgan fingerprint density at radius 1 is 1.06 bits per heavy atom. The molecule has 2 aromatic carbocycles. The Morgan fingerprint density at radius 3 is 2.36 bits per heavy atom. The number of quaternary nitrogens is 1. The third kappa shape index (κ3) is 4.22. The van der Waals surface area contributed by atoms with Crippen LogP contribution in [0.15, 0.2) is 59.1 Å². The Kier molecular flexibility index (Phi) is 5.88. The highest BCUT2D eigenvalue weighted by atomic mass is 16.5. The summed E-state index contributed by atoms with van der Waals surface area (Å²) in [6.45, 7) is 4.87. The smallest absolute Gasteiger partial charge is 0.318 e.